The van der Waals surface area contributed by atoms with Crippen molar-refractivity contribution in [1.29, 1.82) is 0 Å². The van der Waals surface area contributed by atoms with Gasteiger partial charge < -0.3 is 26.2 Å². The van der Waals surface area contributed by atoms with Crippen LogP contribution in [-0.4, -0.2) is 68.5 Å². The molecular weight excluding hydrogens is 476 g/mol. The summed E-state index contributed by atoms with van der Waals surface area (Å²) in [6.07, 6.45) is 0.293. The van der Waals surface area contributed by atoms with Crippen LogP contribution in [0.4, 0.5) is 0 Å². The van der Waals surface area contributed by atoms with Gasteiger partial charge in [0.15, 0.2) is 11.4 Å². The zero-order chi connectivity index (χ0) is 31.0. The first-order chi connectivity index (χ1) is 19.4. The standard InChI is InChI=1S/C28H28N2O7.2H2/c1-12-4-6-13(7-5-12)15-8-9-18(31)20-16(15)10-14-11-17-22(30(2)3)24(33)21(27(29)36)26(35)28(17,37)25(34)19(14)23(20)32;;/h4-9,14,17,22,31-32,35,37H,10-11H2,1-3H3,(H2,29,36);2*1H/t14?,17?,22-,28-;;/m0../s1/i;2*1+1D. The minimum absolute atomic E-state index is 0.0504. The zero-order valence-corrected chi connectivity index (χ0v) is 20.6. The Balaban J connectivity index is 0.00000111. The number of carbonyl (C=O) groups is 3. The predicted molar refractivity (Wildman–Crippen MR) is 139 cm³/mol. The van der Waals surface area contributed by atoms with E-state index in [1.807, 2.05) is 31.2 Å². The molecule has 37 heavy (non-hydrogen) atoms. The molecule has 1 saturated carbocycles. The first kappa shape index (κ1) is 22.3. The molecule has 0 saturated heterocycles. The van der Waals surface area contributed by atoms with Gasteiger partial charge in [-0.25, -0.2) is 0 Å². The zero-order valence-electron chi connectivity index (χ0n) is 24.6. The Morgan fingerprint density at radius 2 is 1.76 bits per heavy atom. The number of likely N-dealkylation sites (N-methyl/N-ethyl adjacent to an activating group) is 1. The second-order valence-corrected chi connectivity index (χ2v) is 10.3. The molecule has 0 aromatic heterocycles. The molecule has 9 heteroatoms. The quantitative estimate of drug-likeness (QED) is 0.392. The first-order valence-corrected chi connectivity index (χ1v) is 12.0. The monoisotopic (exact) mass is 512 g/mol. The molecule has 0 heterocycles. The lowest BCUT2D eigenvalue weighted by atomic mass is 9.57. The van der Waals surface area contributed by atoms with Crippen molar-refractivity contribution in [1.82, 2.24) is 4.90 Å². The Labute approximate surface area is 219 Å². The molecule has 5 rings (SSSR count). The molecule has 2 aromatic carbocycles. The van der Waals surface area contributed by atoms with Gasteiger partial charge >= 0.3 is 0 Å². The number of carbonyl (C=O) groups excluding carboxylic acids is 3. The molecule has 0 aliphatic heterocycles. The second-order valence-electron chi connectivity index (χ2n) is 10.3. The lowest BCUT2D eigenvalue weighted by molar-refractivity contribution is -0.153. The topological polar surface area (TPSA) is 161 Å². The van der Waals surface area contributed by atoms with E-state index in [9.17, 15) is 34.8 Å². The number of nitrogens with two attached hydrogens (primary N) is 1. The fourth-order valence-corrected chi connectivity index (χ4v) is 6.25. The largest absolute Gasteiger partial charge is 0.508 e. The number of primary amides is 1. The smallest absolute Gasteiger partial charge is 0.255 e. The van der Waals surface area contributed by atoms with Gasteiger partial charge in [0.2, 0.25) is 5.78 Å². The van der Waals surface area contributed by atoms with Crippen LogP contribution >= 0.6 is 0 Å². The van der Waals surface area contributed by atoms with Gasteiger partial charge in [-0.15, -0.1) is 0 Å². The number of phenols is 1. The summed E-state index contributed by atoms with van der Waals surface area (Å²) in [4.78, 5) is 40.6. The van der Waals surface area contributed by atoms with Crippen LogP contribution in [0.3, 0.4) is 0 Å². The minimum Gasteiger partial charge on any atom is -0.508 e. The van der Waals surface area contributed by atoms with E-state index in [0.717, 1.165) is 16.7 Å². The molecular formula is C28H32N2O7. The number of phenolic OH excluding ortho intramolecular Hbond substituents is 1. The van der Waals surface area contributed by atoms with Crippen molar-refractivity contribution in [2.45, 2.75) is 31.4 Å². The third-order valence-corrected chi connectivity index (χ3v) is 7.97. The van der Waals surface area contributed by atoms with Crippen molar-refractivity contribution in [3.63, 3.8) is 0 Å². The molecule has 1 fully saturated rings. The van der Waals surface area contributed by atoms with E-state index >= 15 is 0 Å². The fourth-order valence-electron chi connectivity index (χ4n) is 6.25. The Hall–Kier alpha value is -3.95. The van der Waals surface area contributed by atoms with Gasteiger partial charge in [-0.3, -0.25) is 19.3 Å². The number of ketones is 2. The highest BCUT2D eigenvalue weighted by Gasteiger charge is 2.64. The third-order valence-electron chi connectivity index (χ3n) is 7.97. The van der Waals surface area contributed by atoms with Crippen LogP contribution < -0.4 is 5.73 Å². The Bertz CT molecular complexity index is 1460. The number of hydrogen-bond acceptors (Lipinski definition) is 8. The summed E-state index contributed by atoms with van der Waals surface area (Å²) in [6, 6.07) is 9.82. The average Bonchev–Trinajstić information content (AvgIpc) is 2.93. The summed E-state index contributed by atoms with van der Waals surface area (Å²) in [5.74, 6) is -6.61. The maximum atomic E-state index is 13.9. The van der Waals surface area contributed by atoms with E-state index in [4.69, 9.17) is 11.7 Å². The van der Waals surface area contributed by atoms with E-state index in [-0.39, 0.29) is 29.7 Å². The second kappa shape index (κ2) is 8.29. The van der Waals surface area contributed by atoms with E-state index in [0.29, 0.717) is 5.56 Å². The number of hydrogen-bond donors (Lipinski definition) is 5. The number of aryl methyl sites for hydroxylation is 1. The van der Waals surface area contributed by atoms with E-state index in [2.05, 4.69) is 0 Å². The molecule has 1 amide bonds. The maximum absolute atomic E-state index is 13.9. The normalized spacial score (nSPS) is 27.6. The highest BCUT2D eigenvalue weighted by molar-refractivity contribution is 6.24. The molecule has 196 valence electrons. The molecule has 0 spiro atoms. The Morgan fingerprint density at radius 1 is 1.11 bits per heavy atom. The lowest BCUT2D eigenvalue weighted by Gasteiger charge is -2.50. The van der Waals surface area contributed by atoms with Crippen molar-refractivity contribution in [2.75, 3.05) is 14.1 Å². The van der Waals surface area contributed by atoms with Gasteiger partial charge in [-0.05, 0) is 62.5 Å². The summed E-state index contributed by atoms with van der Waals surface area (Å²) in [5, 5.41) is 44.6. The van der Waals surface area contributed by atoms with Crippen molar-refractivity contribution < 1.29 is 40.7 Å². The van der Waals surface area contributed by atoms with Crippen LogP contribution in [0.5, 0.6) is 5.75 Å². The number of aromatic hydroxyl groups is 1. The van der Waals surface area contributed by atoms with Gasteiger partial charge in [-0.1, -0.05) is 35.9 Å². The summed E-state index contributed by atoms with van der Waals surface area (Å²) < 4.78 is 20.0. The highest BCUT2D eigenvalue weighted by atomic mass is 16.3. The number of aliphatic hydroxyl groups excluding tert-OH is 2. The van der Waals surface area contributed by atoms with Crippen LogP contribution in [0.15, 0.2) is 53.3 Å². The van der Waals surface area contributed by atoms with Crippen molar-refractivity contribution >= 4 is 23.2 Å². The molecule has 2 unspecified atom stereocenters. The predicted octanol–water partition coefficient (Wildman–Crippen LogP) is 2.43. The summed E-state index contributed by atoms with van der Waals surface area (Å²) in [6.45, 7) is 1.96. The van der Waals surface area contributed by atoms with Gasteiger partial charge in [0.25, 0.3) is 5.91 Å². The number of fused-ring (bicyclic) bond motifs is 3. The van der Waals surface area contributed by atoms with Gasteiger partial charge in [0.1, 0.15) is 22.8 Å². The molecule has 3 aliphatic rings. The SMILES string of the molecule is Cc1ccc(-c2ccc(O)c3c2CC2CC4[C@H](N(C)C)C(=O)C(C(N)=O)=C(O)[C@@]4(O)C(=O)C2=C3O)cc1.[2H][2H].[2H][2H]. The highest BCUT2D eigenvalue weighted by Crippen LogP contribution is 2.53. The maximum Gasteiger partial charge on any atom is 0.255 e. The molecule has 0 bridgehead atoms. The summed E-state index contributed by atoms with van der Waals surface area (Å²) in [5.41, 5.74) is 5.13. The van der Waals surface area contributed by atoms with Crippen LogP contribution in [0.1, 0.15) is 29.1 Å². The average molecular weight is 513 g/mol. The number of benzene rings is 2. The van der Waals surface area contributed by atoms with E-state index in [1.165, 1.54) is 11.0 Å². The summed E-state index contributed by atoms with van der Waals surface area (Å²) in [7, 11) is 3.14. The molecule has 4 atom stereocenters. The van der Waals surface area contributed by atoms with Crippen molar-refractivity contribution in [2.24, 2.45) is 17.6 Å². The van der Waals surface area contributed by atoms with Crippen molar-refractivity contribution in [3.05, 3.63) is 70.0 Å². The third kappa shape index (κ3) is 3.34. The van der Waals surface area contributed by atoms with Crippen LogP contribution in [0.25, 0.3) is 16.9 Å². The van der Waals surface area contributed by atoms with Crippen molar-refractivity contribution in [3.8, 4) is 16.9 Å². The van der Waals surface area contributed by atoms with Crippen LogP contribution in [0.2, 0.25) is 0 Å². The molecule has 2 aromatic rings. The minimum atomic E-state index is -2.64. The van der Waals surface area contributed by atoms with Gasteiger partial charge in [0, 0.05) is 17.4 Å². The first-order valence-electron chi connectivity index (χ1n) is 14.0. The lowest BCUT2D eigenvalue weighted by Crippen LogP contribution is -2.65. The summed E-state index contributed by atoms with van der Waals surface area (Å²) >= 11 is 0. The Kier molecular flexibility index (Phi) is 4.99. The molecule has 3 aliphatic carbocycles. The number of Topliss-reactive ketones (excluding diaryl/α,β-unsaturated/α-hetero) is 2. The van der Waals surface area contributed by atoms with Gasteiger partial charge in [0.05, 0.1) is 11.6 Å². The molecule has 0 radical (unpaired) electrons. The van der Waals surface area contributed by atoms with E-state index < -0.39 is 58.0 Å². The van der Waals surface area contributed by atoms with Gasteiger partial charge in [-0.2, -0.15) is 0 Å². The molecule has 6 N–H and O–H groups in total. The number of aliphatic hydroxyl groups is 3. The Morgan fingerprint density at radius 3 is 2.35 bits per heavy atom. The van der Waals surface area contributed by atoms with Crippen LogP contribution in [-0.2, 0) is 20.8 Å². The number of nitrogens with zero attached hydrogens (tertiary/aromatic N) is 1. The number of rotatable bonds is 3. The van der Waals surface area contributed by atoms with Crippen LogP contribution in [0, 0.1) is 18.8 Å². The van der Waals surface area contributed by atoms with E-state index in [1.54, 1.807) is 20.2 Å². The fraction of sp³-hybridized carbons (Fsp3) is 0.321. The number of amides is 1. The molecule has 9 nitrogen and oxygen atoms in total.